The zero-order valence-corrected chi connectivity index (χ0v) is 17.6. The van der Waals surface area contributed by atoms with Crippen molar-refractivity contribution in [2.24, 2.45) is 0 Å². The Bertz CT molecular complexity index is 1090. The van der Waals surface area contributed by atoms with E-state index < -0.39 is 18.0 Å². The van der Waals surface area contributed by atoms with Gasteiger partial charge in [0.2, 0.25) is 0 Å². The van der Waals surface area contributed by atoms with E-state index in [1.807, 2.05) is 33.8 Å². The van der Waals surface area contributed by atoms with Gasteiger partial charge in [0.1, 0.15) is 23.2 Å². The fourth-order valence-corrected chi connectivity index (χ4v) is 2.96. The molecule has 30 heavy (non-hydrogen) atoms. The number of H-pyrrole nitrogens is 1. The van der Waals surface area contributed by atoms with Gasteiger partial charge in [0.05, 0.1) is 6.33 Å². The summed E-state index contributed by atoms with van der Waals surface area (Å²) in [5.74, 6) is -1.05. The molecule has 1 atom stereocenters. The Labute approximate surface area is 173 Å². The molecule has 9 heteroatoms. The standard InChI is InChI=1S/C21H25N5O4/c1-10(2)13-6-14(11(3)4)17(27)15(7-13)21(29)30-12(5)20(28)26-19-16-18(23-8-22-16)24-9-25-19/h6-12,27H,1-5H3,(H2,22,23,24,25,26,28)/t12-/m0/s1. The molecule has 158 valence electrons. The van der Waals surface area contributed by atoms with E-state index in [-0.39, 0.29) is 29.0 Å². The molecule has 2 heterocycles. The second kappa shape index (κ2) is 8.48. The van der Waals surface area contributed by atoms with E-state index in [9.17, 15) is 14.7 Å². The largest absolute Gasteiger partial charge is 0.507 e. The van der Waals surface area contributed by atoms with Crippen molar-refractivity contribution in [3.05, 3.63) is 41.5 Å². The SMILES string of the molecule is CC(C)c1cc(C(=O)O[C@@H](C)C(=O)Nc2ncnc3nc[nH]c23)c(O)c(C(C)C)c1. The number of carbonyl (C=O) groups is 2. The maximum atomic E-state index is 12.7. The summed E-state index contributed by atoms with van der Waals surface area (Å²) in [5.41, 5.74) is 2.48. The van der Waals surface area contributed by atoms with Crippen LogP contribution in [0.5, 0.6) is 5.75 Å². The third-order valence-corrected chi connectivity index (χ3v) is 4.79. The summed E-state index contributed by atoms with van der Waals surface area (Å²) in [7, 11) is 0. The fraction of sp³-hybridized carbons (Fsp3) is 0.381. The monoisotopic (exact) mass is 411 g/mol. The molecule has 0 aliphatic heterocycles. The topological polar surface area (TPSA) is 130 Å². The van der Waals surface area contributed by atoms with Gasteiger partial charge in [0.25, 0.3) is 5.91 Å². The fourth-order valence-electron chi connectivity index (χ4n) is 2.96. The number of phenolic OH excluding ortho intramolecular Hbond substituents is 1. The zero-order valence-electron chi connectivity index (χ0n) is 17.6. The average Bonchev–Trinajstić information content (AvgIpc) is 3.17. The first-order chi connectivity index (χ1) is 14.2. The molecular formula is C21H25N5O4. The maximum absolute atomic E-state index is 12.7. The highest BCUT2D eigenvalue weighted by atomic mass is 16.5. The summed E-state index contributed by atoms with van der Waals surface area (Å²) >= 11 is 0. The van der Waals surface area contributed by atoms with E-state index >= 15 is 0 Å². The van der Waals surface area contributed by atoms with Crippen molar-refractivity contribution in [1.82, 2.24) is 19.9 Å². The highest BCUT2D eigenvalue weighted by Gasteiger charge is 2.25. The Balaban J connectivity index is 1.79. The minimum atomic E-state index is -1.12. The molecule has 0 radical (unpaired) electrons. The van der Waals surface area contributed by atoms with Crippen LogP contribution in [0.3, 0.4) is 0 Å². The Morgan fingerprint density at radius 1 is 1.07 bits per heavy atom. The molecule has 1 amide bonds. The number of fused-ring (bicyclic) bond motifs is 1. The van der Waals surface area contributed by atoms with E-state index in [2.05, 4.69) is 25.3 Å². The number of aromatic amines is 1. The van der Waals surface area contributed by atoms with Crippen LogP contribution in [0.15, 0.2) is 24.8 Å². The minimum Gasteiger partial charge on any atom is -0.507 e. The van der Waals surface area contributed by atoms with Crippen molar-refractivity contribution < 1.29 is 19.4 Å². The van der Waals surface area contributed by atoms with Gasteiger partial charge in [-0.1, -0.05) is 33.8 Å². The summed E-state index contributed by atoms with van der Waals surface area (Å²) in [6.07, 6.45) is 1.60. The number of phenols is 1. The predicted molar refractivity (Wildman–Crippen MR) is 111 cm³/mol. The molecule has 0 unspecified atom stereocenters. The van der Waals surface area contributed by atoms with E-state index in [4.69, 9.17) is 4.74 Å². The third kappa shape index (κ3) is 4.24. The van der Waals surface area contributed by atoms with Crippen LogP contribution in [-0.4, -0.2) is 43.0 Å². The lowest BCUT2D eigenvalue weighted by Gasteiger charge is -2.18. The zero-order chi connectivity index (χ0) is 22.0. The molecule has 2 aromatic heterocycles. The summed E-state index contributed by atoms with van der Waals surface area (Å²) in [4.78, 5) is 40.1. The summed E-state index contributed by atoms with van der Waals surface area (Å²) in [5, 5.41) is 13.2. The van der Waals surface area contributed by atoms with Crippen LogP contribution >= 0.6 is 0 Å². The quantitative estimate of drug-likeness (QED) is 0.529. The van der Waals surface area contributed by atoms with Crippen LogP contribution in [0, 0.1) is 0 Å². The van der Waals surface area contributed by atoms with Gasteiger partial charge in [0.15, 0.2) is 17.6 Å². The van der Waals surface area contributed by atoms with Gasteiger partial charge in [-0.25, -0.2) is 19.7 Å². The number of carbonyl (C=O) groups excluding carboxylic acids is 2. The molecule has 3 aromatic rings. The van der Waals surface area contributed by atoms with Crippen molar-refractivity contribution in [2.45, 2.75) is 52.6 Å². The number of benzene rings is 1. The van der Waals surface area contributed by atoms with Gasteiger partial charge >= 0.3 is 5.97 Å². The van der Waals surface area contributed by atoms with Crippen molar-refractivity contribution in [3.8, 4) is 5.75 Å². The molecule has 0 saturated heterocycles. The molecule has 0 fully saturated rings. The van der Waals surface area contributed by atoms with Gasteiger partial charge in [0, 0.05) is 0 Å². The molecule has 0 aliphatic rings. The van der Waals surface area contributed by atoms with Crippen LogP contribution in [0.1, 0.15) is 67.9 Å². The lowest BCUT2D eigenvalue weighted by Crippen LogP contribution is -2.30. The Morgan fingerprint density at radius 2 is 1.80 bits per heavy atom. The van der Waals surface area contributed by atoms with Crippen LogP contribution in [0.2, 0.25) is 0 Å². The van der Waals surface area contributed by atoms with Gasteiger partial charge in [-0.15, -0.1) is 0 Å². The van der Waals surface area contributed by atoms with Crippen LogP contribution in [-0.2, 0) is 9.53 Å². The third-order valence-electron chi connectivity index (χ3n) is 4.79. The molecule has 0 bridgehead atoms. The van der Waals surface area contributed by atoms with E-state index in [0.717, 1.165) is 5.56 Å². The van der Waals surface area contributed by atoms with Crippen molar-refractivity contribution >= 4 is 28.9 Å². The number of anilines is 1. The maximum Gasteiger partial charge on any atom is 0.342 e. The summed E-state index contributed by atoms with van der Waals surface area (Å²) < 4.78 is 5.33. The number of imidazole rings is 1. The van der Waals surface area contributed by atoms with Gasteiger partial charge < -0.3 is 20.1 Å². The van der Waals surface area contributed by atoms with Crippen molar-refractivity contribution in [1.29, 1.82) is 0 Å². The number of rotatable bonds is 6. The molecule has 0 saturated carbocycles. The number of hydrogen-bond donors (Lipinski definition) is 3. The van der Waals surface area contributed by atoms with E-state index in [1.165, 1.54) is 19.6 Å². The first-order valence-corrected chi connectivity index (χ1v) is 9.71. The molecule has 0 aliphatic carbocycles. The van der Waals surface area contributed by atoms with Crippen LogP contribution in [0.25, 0.3) is 11.2 Å². The average molecular weight is 411 g/mol. The first kappa shape index (κ1) is 21.2. The molecule has 0 spiro atoms. The highest BCUT2D eigenvalue weighted by molar-refractivity contribution is 6.01. The minimum absolute atomic E-state index is 0.0190. The predicted octanol–water partition coefficient (Wildman–Crippen LogP) is 3.49. The van der Waals surface area contributed by atoms with Crippen molar-refractivity contribution in [3.63, 3.8) is 0 Å². The lowest BCUT2D eigenvalue weighted by atomic mass is 9.92. The Morgan fingerprint density at radius 3 is 2.47 bits per heavy atom. The molecule has 1 aromatic carbocycles. The summed E-state index contributed by atoms with van der Waals surface area (Å²) in [6, 6.07) is 3.50. The second-order valence-electron chi connectivity index (χ2n) is 7.68. The Kier molecular flexibility index (Phi) is 6.00. The lowest BCUT2D eigenvalue weighted by molar-refractivity contribution is -0.123. The number of ether oxygens (including phenoxy) is 1. The number of hydrogen-bond acceptors (Lipinski definition) is 7. The van der Waals surface area contributed by atoms with Gasteiger partial charge in [-0.3, -0.25) is 4.79 Å². The van der Waals surface area contributed by atoms with Crippen LogP contribution in [0.4, 0.5) is 5.82 Å². The number of nitrogens with zero attached hydrogens (tertiary/aromatic N) is 3. The number of nitrogens with one attached hydrogen (secondary N) is 2. The molecular weight excluding hydrogens is 386 g/mol. The molecule has 3 rings (SSSR count). The normalized spacial score (nSPS) is 12.4. The smallest absolute Gasteiger partial charge is 0.342 e. The van der Waals surface area contributed by atoms with Gasteiger partial charge in [-0.05, 0) is 36.0 Å². The highest BCUT2D eigenvalue weighted by Crippen LogP contribution is 2.33. The first-order valence-electron chi connectivity index (χ1n) is 9.71. The number of amides is 1. The second-order valence-corrected chi connectivity index (χ2v) is 7.68. The molecule has 9 nitrogen and oxygen atoms in total. The van der Waals surface area contributed by atoms with Crippen molar-refractivity contribution in [2.75, 3.05) is 5.32 Å². The summed E-state index contributed by atoms with van der Waals surface area (Å²) in [6.45, 7) is 9.31. The number of aromatic nitrogens is 4. The molecule has 3 N–H and O–H groups in total. The van der Waals surface area contributed by atoms with Gasteiger partial charge in [-0.2, -0.15) is 0 Å². The van der Waals surface area contributed by atoms with E-state index in [1.54, 1.807) is 6.07 Å². The van der Waals surface area contributed by atoms with Crippen LogP contribution < -0.4 is 5.32 Å². The Hall–Kier alpha value is -3.49. The number of esters is 1. The van der Waals surface area contributed by atoms with E-state index in [0.29, 0.717) is 16.7 Å². The number of aromatic hydroxyl groups is 1.